The van der Waals surface area contributed by atoms with E-state index in [1.54, 1.807) is 0 Å². The van der Waals surface area contributed by atoms with Crippen molar-refractivity contribution in [1.82, 2.24) is 0 Å². The summed E-state index contributed by atoms with van der Waals surface area (Å²) < 4.78 is 126. The third kappa shape index (κ3) is 588. The van der Waals surface area contributed by atoms with Crippen LogP contribution in [-0.4, -0.2) is 70.1 Å². The second kappa shape index (κ2) is 395. The van der Waals surface area contributed by atoms with Crippen LogP contribution < -0.4 is 3290 Å². The van der Waals surface area contributed by atoms with E-state index < -0.39 is 41.6 Å². The van der Waals surface area contributed by atoms with Gasteiger partial charge in [-0.2, -0.15) is 33.7 Å². The molecular weight excluding hydrogens is 2890 g/mol. The summed E-state index contributed by atoms with van der Waals surface area (Å²) in [5, 5.41) is 0. The summed E-state index contributed by atoms with van der Waals surface area (Å²) in [5.41, 5.74) is 0. The molecule has 0 radical (unpaired) electrons. The minimum Gasteiger partial charge on any atom is -0.264 e. The second-order valence-corrected chi connectivity index (χ2v) is 5.37. The van der Waals surface area contributed by atoms with Crippen LogP contribution in [0.15, 0.2) is 0 Å². The first-order chi connectivity index (χ1) is 8.00. The minimum atomic E-state index is -4.67. The van der Waals surface area contributed by atoms with Crippen molar-refractivity contribution in [2.45, 2.75) is 0 Å². The molecule has 0 saturated heterocycles. The van der Waals surface area contributed by atoms with Crippen LogP contribution in [0.4, 0.5) is 0 Å². The molecule has 128 valence electrons. The summed E-state index contributed by atoms with van der Waals surface area (Å²) in [6.07, 6.45) is 0. The third-order valence-electron chi connectivity index (χ3n) is 0. The first-order valence-electron chi connectivity index (χ1n) is 2.79. The van der Waals surface area contributed by atoms with Gasteiger partial charge < -0.3 is 0 Å². The zero-order valence-corrected chi connectivity index (χ0v) is 276. The topological polar surface area (TPSA) is 298 Å². The summed E-state index contributed by atoms with van der Waals surface area (Å²) in [7, 11) is -18.7. The summed E-state index contributed by atoms with van der Waals surface area (Å²) in [4.78, 5) is 0. The van der Waals surface area contributed by atoms with Crippen molar-refractivity contribution in [3.8, 4) is 0 Å². The molecule has 0 heterocycles. The smallest absolute Gasteiger partial charge is 0.264 e. The predicted octanol–water partition coefficient (Wildman–Crippen LogP) is -194. The Hall–Kier alpha value is 104. The Bertz CT molecular complexity index is 534. The Morgan fingerprint density at radius 2 is 0.0833 bits per heavy atom. The molecule has 16 nitrogen and oxygen atoms in total. The Labute approximate surface area is 3240 Å². The molecule has 0 aliphatic rings. The van der Waals surface area contributed by atoms with Crippen molar-refractivity contribution in [2.75, 3.05) is 0 Å². The zero-order chi connectivity index (χ0) is 18.0. The molecular formula is H8K64O16S4+64. The number of hydrogen-bond acceptors (Lipinski definition) is 8. The van der Waals surface area contributed by atoms with Gasteiger partial charge in [-0.05, 0) is 0 Å². The van der Waals surface area contributed by atoms with E-state index in [1.165, 1.54) is 0 Å². The Morgan fingerprint density at radius 1 is 0.0833 bits per heavy atom. The summed E-state index contributed by atoms with van der Waals surface area (Å²) in [6.45, 7) is 0. The summed E-state index contributed by atoms with van der Waals surface area (Å²) in [6, 6.07) is 0. The van der Waals surface area contributed by atoms with Crippen LogP contribution in [0.1, 0.15) is 0 Å². The maximum atomic E-state index is 8.74. The van der Waals surface area contributed by atoms with Gasteiger partial charge in [0.25, 0.3) is 0 Å². The maximum absolute atomic E-state index is 8.74. The quantitative estimate of drug-likeness (QED) is 0.0826. The zero-order valence-electron chi connectivity index (χ0n) is 72.5. The molecule has 0 aromatic carbocycles. The van der Waals surface area contributed by atoms with E-state index in [4.69, 9.17) is 70.1 Å². The molecule has 0 fully saturated rings. The Kier molecular flexibility index (Phi) is 2150. The normalized spacial score (nSPS) is 2.76. The van der Waals surface area contributed by atoms with Gasteiger partial charge in [0.1, 0.15) is 0 Å². The molecule has 0 atom stereocenters. The van der Waals surface area contributed by atoms with Gasteiger partial charge in [-0.15, -0.1) is 0 Å². The molecule has 0 aliphatic carbocycles. The van der Waals surface area contributed by atoms with Gasteiger partial charge in [-0.3, -0.25) is 36.4 Å². The standard InChI is InChI=1S/64K.4H2O4S/c;;;;;;;;;;;;;;;;;;;;;;;;;;;;;;;;;;;;;;;;;;;;;;;;;;;;;;;;;;;;;;;;4*1-5(2,3)4/h;;;;;;;;;;;;;;;;;;;;;;;;;;;;;;;;;;;;;;;;;;;;;;;;;;;;;;;;;;;;;;;;4*(H2,1,2,3,4)/q64*+1;;;;. The van der Waals surface area contributed by atoms with Crippen molar-refractivity contribution in [3.05, 3.63) is 0 Å². The molecule has 0 aliphatic heterocycles. The average Bonchev–Trinajstić information content (AvgIpc) is 1.62. The van der Waals surface area contributed by atoms with Crippen molar-refractivity contribution < 1.29 is 3360 Å². The van der Waals surface area contributed by atoms with Crippen LogP contribution >= 0.6 is 0 Å². The van der Waals surface area contributed by atoms with Crippen LogP contribution in [0, 0.1) is 0 Å². The molecule has 84 heteroatoms. The van der Waals surface area contributed by atoms with E-state index in [1.807, 2.05) is 0 Å². The predicted molar refractivity (Wildman–Crippen MR) is 56.7 cm³/mol. The fourth-order valence-corrected chi connectivity index (χ4v) is 0. The molecule has 0 unspecified atom stereocenters. The fraction of sp³-hybridized carbons (Fsp3) is 0. The molecule has 0 amide bonds. The number of hydrogen-bond donors (Lipinski definition) is 8. The van der Waals surface area contributed by atoms with E-state index in [2.05, 4.69) is 0 Å². The van der Waals surface area contributed by atoms with Gasteiger partial charge in [0.15, 0.2) is 0 Å². The van der Waals surface area contributed by atoms with Crippen molar-refractivity contribution in [2.24, 2.45) is 0 Å². The first-order valence-corrected chi connectivity index (χ1v) is 8.38. The number of rotatable bonds is 0. The summed E-state index contributed by atoms with van der Waals surface area (Å²) >= 11 is 0. The second-order valence-electron chi connectivity index (χ2n) is 1.79. The molecule has 0 saturated carbocycles. The van der Waals surface area contributed by atoms with Gasteiger partial charge in [-0.1, -0.05) is 0 Å². The first kappa shape index (κ1) is 456. The van der Waals surface area contributed by atoms with Crippen LogP contribution in [0.3, 0.4) is 0 Å². The minimum absolute atomic E-state index is 0. The van der Waals surface area contributed by atoms with Crippen LogP contribution in [0.5, 0.6) is 0 Å². The molecule has 0 rings (SSSR count). The molecule has 0 spiro atoms. The van der Waals surface area contributed by atoms with E-state index in [0.717, 1.165) is 0 Å². The van der Waals surface area contributed by atoms with Gasteiger partial charge >= 0.3 is 3330 Å². The molecule has 8 N–H and O–H groups in total. The van der Waals surface area contributed by atoms with Gasteiger partial charge in [0.05, 0.1) is 0 Å². The third-order valence-corrected chi connectivity index (χ3v) is 0. The van der Waals surface area contributed by atoms with Crippen LogP contribution in [-0.2, 0) is 41.6 Å². The van der Waals surface area contributed by atoms with Crippen molar-refractivity contribution in [1.29, 1.82) is 0 Å². The SMILES string of the molecule is O=S(=O)(O)O.O=S(=O)(O)O.O=S(=O)(O)O.O=S(=O)(O)O.[K+].[K+].[K+].[K+].[K+].[K+].[K+].[K+].[K+].[K+].[K+].[K+].[K+].[K+].[K+].[K+].[K+].[K+].[K+].[K+].[K+].[K+].[K+].[K+].[K+].[K+].[K+].[K+].[K+].[K+].[K+].[K+].[K+].[K+].[K+].[K+].[K+].[K+].[K+].[K+].[K+].[K+].[K+].[K+].[K+].[K+].[K+].[K+].[K+].[K+].[K+].[K+].[K+].[K+].[K+].[K+].[K+].[K+].[K+].[K+].[K+].[K+].[K+].[K+]. The monoisotopic (exact) mass is 2890 g/mol. The molecule has 84 heavy (non-hydrogen) atoms. The largest absolute Gasteiger partial charge is 1.00 e. The Balaban J connectivity index is -0.000000000491. The van der Waals surface area contributed by atoms with Gasteiger partial charge in [-0.25, -0.2) is 0 Å². The molecule has 0 aromatic heterocycles. The average molecular weight is 2890 g/mol. The van der Waals surface area contributed by atoms with Crippen molar-refractivity contribution >= 4 is 41.6 Å². The van der Waals surface area contributed by atoms with E-state index in [-0.39, 0.29) is 3290 Å². The van der Waals surface area contributed by atoms with E-state index in [0.29, 0.717) is 0 Å². The molecule has 0 bridgehead atoms. The summed E-state index contributed by atoms with van der Waals surface area (Å²) in [5.74, 6) is 0. The van der Waals surface area contributed by atoms with E-state index >= 15 is 0 Å². The molecule has 0 aromatic rings. The van der Waals surface area contributed by atoms with Gasteiger partial charge in [0, 0.05) is 0 Å². The van der Waals surface area contributed by atoms with Crippen LogP contribution in [0.25, 0.3) is 0 Å². The van der Waals surface area contributed by atoms with Crippen molar-refractivity contribution in [3.63, 3.8) is 0 Å². The van der Waals surface area contributed by atoms with E-state index in [9.17, 15) is 0 Å². The van der Waals surface area contributed by atoms with Crippen LogP contribution in [0.2, 0.25) is 0 Å². The Morgan fingerprint density at radius 3 is 0.0833 bits per heavy atom. The van der Waals surface area contributed by atoms with Gasteiger partial charge in [0.2, 0.25) is 0 Å². The maximum Gasteiger partial charge on any atom is 1.00 e. The fourth-order valence-electron chi connectivity index (χ4n) is 0.